The highest BCUT2D eigenvalue weighted by Crippen LogP contribution is 2.50. The summed E-state index contributed by atoms with van der Waals surface area (Å²) in [7, 11) is 0. The monoisotopic (exact) mass is 586 g/mol. The van der Waals surface area contributed by atoms with Crippen LogP contribution in [0.1, 0.15) is 30.4 Å². The molecule has 4 rings (SSSR count). The number of alkyl halides is 1. The number of aliphatic carboxylic acids is 1. The molecule has 3 nitrogen and oxygen atoms in total. The molecular weight excluding hydrogens is 565 g/mol. The highest BCUT2D eigenvalue weighted by Gasteiger charge is 2.53. The first-order chi connectivity index (χ1) is 15.3. The number of allylic oxidation sites excluding steroid dienone is 3. The number of halogens is 4. The zero-order valence-corrected chi connectivity index (χ0v) is 21.0. The van der Waals surface area contributed by atoms with Gasteiger partial charge in [-0.2, -0.15) is 0 Å². The van der Waals surface area contributed by atoms with E-state index in [0.717, 1.165) is 30.4 Å². The first-order valence-corrected chi connectivity index (χ1v) is 12.4. The van der Waals surface area contributed by atoms with Crippen molar-refractivity contribution in [2.75, 3.05) is 0 Å². The fourth-order valence-corrected chi connectivity index (χ4v) is 6.17. The second-order valence-corrected chi connectivity index (χ2v) is 10.5. The smallest absolute Gasteiger partial charge is 0.307 e. The lowest BCUT2D eigenvalue weighted by molar-refractivity contribution is -0.138. The number of hydrogen-bond acceptors (Lipinski definition) is 2. The van der Waals surface area contributed by atoms with Gasteiger partial charge in [0.25, 0.3) is 0 Å². The van der Waals surface area contributed by atoms with E-state index < -0.39 is 5.97 Å². The molecule has 2 aromatic carbocycles. The molecule has 7 heteroatoms. The van der Waals surface area contributed by atoms with E-state index in [1.54, 1.807) is 24.3 Å². The summed E-state index contributed by atoms with van der Waals surface area (Å²) in [5.41, 5.74) is 3.83. The molecule has 2 aliphatic rings. The second-order valence-electron chi connectivity index (χ2n) is 8.21. The summed E-state index contributed by atoms with van der Waals surface area (Å²) < 4.78 is 20.8. The summed E-state index contributed by atoms with van der Waals surface area (Å²) in [6.45, 7) is 1.92. The third kappa shape index (κ3) is 4.85. The minimum Gasteiger partial charge on any atom is -0.489 e. The molecule has 1 fully saturated rings. The van der Waals surface area contributed by atoms with E-state index in [1.807, 2.05) is 19.1 Å². The molecule has 3 atom stereocenters. The van der Waals surface area contributed by atoms with Gasteiger partial charge in [-0.25, -0.2) is 4.39 Å². The normalized spacial score (nSPS) is 22.2. The number of rotatable bonds is 7. The van der Waals surface area contributed by atoms with Crippen molar-refractivity contribution in [1.82, 2.24) is 0 Å². The topological polar surface area (TPSA) is 46.5 Å². The summed E-state index contributed by atoms with van der Waals surface area (Å²) in [4.78, 5) is 11.3. The highest BCUT2D eigenvalue weighted by atomic mass is 127. The van der Waals surface area contributed by atoms with Crippen LogP contribution in [0.3, 0.4) is 0 Å². The summed E-state index contributed by atoms with van der Waals surface area (Å²) >= 11 is 15.0. The molecule has 2 aromatic rings. The summed E-state index contributed by atoms with van der Waals surface area (Å²) in [5.74, 6) is -0.450. The van der Waals surface area contributed by atoms with E-state index in [-0.39, 0.29) is 28.2 Å². The van der Waals surface area contributed by atoms with Gasteiger partial charge in [-0.3, -0.25) is 4.79 Å². The van der Waals surface area contributed by atoms with Crippen LogP contribution >= 0.6 is 45.8 Å². The van der Waals surface area contributed by atoms with Crippen molar-refractivity contribution in [3.05, 3.63) is 80.8 Å². The zero-order chi connectivity index (χ0) is 23.0. The van der Waals surface area contributed by atoms with Gasteiger partial charge in [-0.05, 0) is 73.6 Å². The van der Waals surface area contributed by atoms with Gasteiger partial charge in [0, 0.05) is 25.1 Å². The van der Waals surface area contributed by atoms with Crippen molar-refractivity contribution in [2.45, 2.75) is 36.7 Å². The first kappa shape index (κ1) is 23.6. The third-order valence-electron chi connectivity index (χ3n) is 6.17. The molecule has 168 valence electrons. The van der Waals surface area contributed by atoms with Gasteiger partial charge in [-0.15, -0.1) is 0 Å². The van der Waals surface area contributed by atoms with Gasteiger partial charge in [0.15, 0.2) is 0 Å². The number of carboxylic acids is 1. The lowest BCUT2D eigenvalue weighted by Gasteiger charge is -2.18. The van der Waals surface area contributed by atoms with Crippen molar-refractivity contribution < 1.29 is 19.0 Å². The molecule has 0 unspecified atom stereocenters. The minimum absolute atomic E-state index is 0.0826. The van der Waals surface area contributed by atoms with E-state index in [2.05, 4.69) is 22.6 Å². The summed E-state index contributed by atoms with van der Waals surface area (Å²) in [6.07, 6.45) is 6.46. The number of hydrogen-bond donors (Lipinski definition) is 1. The molecule has 1 N–H and O–H groups in total. The van der Waals surface area contributed by atoms with Crippen LogP contribution in [0.4, 0.5) is 4.39 Å². The van der Waals surface area contributed by atoms with Crippen LogP contribution in [0.5, 0.6) is 0 Å². The number of ether oxygens (including phenoxy) is 1. The van der Waals surface area contributed by atoms with Gasteiger partial charge in [0.05, 0.1) is 5.92 Å². The van der Waals surface area contributed by atoms with Gasteiger partial charge in [0.1, 0.15) is 18.2 Å². The Hall–Kier alpha value is -1.57. The molecule has 0 heterocycles. The maximum Gasteiger partial charge on any atom is 0.307 e. The van der Waals surface area contributed by atoms with E-state index in [9.17, 15) is 14.3 Å². The van der Waals surface area contributed by atoms with Gasteiger partial charge in [0.2, 0.25) is 0 Å². The average Bonchev–Trinajstić information content (AvgIpc) is 3.38. The largest absolute Gasteiger partial charge is 0.489 e. The van der Waals surface area contributed by atoms with Crippen molar-refractivity contribution >= 4 is 51.8 Å². The van der Waals surface area contributed by atoms with E-state index in [0.29, 0.717) is 26.9 Å². The highest BCUT2D eigenvalue weighted by molar-refractivity contribution is 14.1. The van der Waals surface area contributed by atoms with Crippen molar-refractivity contribution in [1.29, 1.82) is 0 Å². The standard InChI is InChI=1S/C25H22Cl2FIO3/c1-13-16(22-19(26)6-3-7-20(22)27)8-9-21(28)18(13)12-32-15-5-2-4-14(10-15)11-17-23(24(17)29)25(30)31/h3,5-10,17,23-24H,2,4,11-12H2,1H3,(H,30,31)/t17-,23-,24-/m0/s1. The van der Waals surface area contributed by atoms with E-state index in [4.69, 9.17) is 27.9 Å². The molecule has 0 aliphatic heterocycles. The van der Waals surface area contributed by atoms with Crippen LogP contribution in [0.15, 0.2) is 53.8 Å². The lowest BCUT2D eigenvalue weighted by Crippen LogP contribution is -2.04. The van der Waals surface area contributed by atoms with Crippen LogP contribution in [0, 0.1) is 24.6 Å². The molecule has 0 bridgehead atoms. The molecule has 32 heavy (non-hydrogen) atoms. The molecule has 2 aliphatic carbocycles. The molecule has 0 radical (unpaired) electrons. The van der Waals surface area contributed by atoms with Crippen LogP contribution in [0.2, 0.25) is 10.0 Å². The molecule has 0 amide bonds. The number of carboxylic acid groups (broad SMARTS) is 1. The first-order valence-electron chi connectivity index (χ1n) is 10.4. The second kappa shape index (κ2) is 9.74. The molecule has 1 saturated carbocycles. The average molecular weight is 587 g/mol. The lowest BCUT2D eigenvalue weighted by atomic mass is 9.96. The van der Waals surface area contributed by atoms with E-state index >= 15 is 0 Å². The predicted octanol–water partition coefficient (Wildman–Crippen LogP) is 7.75. The van der Waals surface area contributed by atoms with Crippen molar-refractivity contribution in [3.8, 4) is 11.1 Å². The Morgan fingerprint density at radius 2 is 1.97 bits per heavy atom. The number of carbonyl (C=O) groups is 1. The minimum atomic E-state index is -0.720. The Morgan fingerprint density at radius 1 is 1.25 bits per heavy atom. The van der Waals surface area contributed by atoms with E-state index in [1.165, 1.54) is 11.6 Å². The fraction of sp³-hybridized carbons (Fsp3) is 0.320. The zero-order valence-electron chi connectivity index (χ0n) is 17.4. The molecule has 0 saturated heterocycles. The summed E-state index contributed by atoms with van der Waals surface area (Å²) in [6, 6.07) is 8.40. The Labute approximate surface area is 210 Å². The predicted molar refractivity (Wildman–Crippen MR) is 134 cm³/mol. The van der Waals surface area contributed by atoms with Gasteiger partial charge < -0.3 is 9.84 Å². The number of benzene rings is 2. The third-order valence-corrected chi connectivity index (χ3v) is 8.50. The molecule has 0 aromatic heterocycles. The van der Waals surface area contributed by atoms with Crippen molar-refractivity contribution in [3.63, 3.8) is 0 Å². The Kier molecular flexibility index (Phi) is 7.18. The molecular formula is C25H22Cl2FIO3. The fourth-order valence-electron chi connectivity index (χ4n) is 4.27. The quantitative estimate of drug-likeness (QED) is 0.266. The van der Waals surface area contributed by atoms with Crippen molar-refractivity contribution in [2.24, 2.45) is 11.8 Å². The van der Waals surface area contributed by atoms with Gasteiger partial charge >= 0.3 is 5.97 Å². The summed E-state index contributed by atoms with van der Waals surface area (Å²) in [5, 5.41) is 10.3. The van der Waals surface area contributed by atoms with Crippen LogP contribution in [-0.4, -0.2) is 15.0 Å². The van der Waals surface area contributed by atoms with Crippen LogP contribution in [-0.2, 0) is 16.1 Å². The Bertz CT molecular complexity index is 1110. The Morgan fingerprint density at radius 3 is 2.62 bits per heavy atom. The Balaban J connectivity index is 1.50. The van der Waals surface area contributed by atoms with Crippen LogP contribution in [0.25, 0.3) is 11.1 Å². The maximum absolute atomic E-state index is 14.7. The SMILES string of the molecule is Cc1c(-c2c(Cl)cccc2Cl)ccc(F)c1COC1=CCCC(C[C@@H]2[C@H](I)[C@H]2C(=O)O)=C1. The molecule has 0 spiro atoms. The van der Waals surface area contributed by atoms with Gasteiger partial charge in [-0.1, -0.05) is 63.5 Å². The maximum atomic E-state index is 14.7. The van der Waals surface area contributed by atoms with Crippen LogP contribution < -0.4 is 0 Å².